The third-order valence-corrected chi connectivity index (χ3v) is 6.60. The molecule has 1 fully saturated rings. The Balaban J connectivity index is 2.05. The Labute approximate surface area is 163 Å². The zero-order chi connectivity index (χ0) is 19.5. The van der Waals surface area contributed by atoms with E-state index in [2.05, 4.69) is 0 Å². The molecule has 0 aliphatic carbocycles. The van der Waals surface area contributed by atoms with Crippen LogP contribution < -0.4 is 0 Å². The molecule has 1 aliphatic heterocycles. The highest BCUT2D eigenvalue weighted by molar-refractivity contribution is 7.91. The third kappa shape index (κ3) is 5.34. The maximum atomic E-state index is 12.6. The van der Waals surface area contributed by atoms with Gasteiger partial charge in [0, 0.05) is 12.6 Å². The van der Waals surface area contributed by atoms with Crippen LogP contribution in [0.25, 0.3) is 0 Å². The summed E-state index contributed by atoms with van der Waals surface area (Å²) in [5.74, 6) is -1.02. The smallest absolute Gasteiger partial charge is 0.340 e. The van der Waals surface area contributed by atoms with Crippen LogP contribution in [-0.4, -0.2) is 55.9 Å². The van der Waals surface area contributed by atoms with E-state index in [-0.39, 0.29) is 39.1 Å². The van der Waals surface area contributed by atoms with Gasteiger partial charge in [0.15, 0.2) is 16.4 Å². The Kier molecular flexibility index (Phi) is 6.93. The third-order valence-electron chi connectivity index (χ3n) is 4.03. The highest BCUT2D eigenvalue weighted by atomic mass is 35.5. The van der Waals surface area contributed by atoms with E-state index in [0.717, 1.165) is 0 Å². The highest BCUT2D eigenvalue weighted by Gasteiger charge is 2.35. The van der Waals surface area contributed by atoms with Crippen molar-refractivity contribution in [3.05, 3.63) is 33.8 Å². The minimum Gasteiger partial charge on any atom is -0.452 e. The summed E-state index contributed by atoms with van der Waals surface area (Å²) >= 11 is 11.8. The molecule has 1 amide bonds. The molecule has 1 atom stereocenters. The molecule has 26 heavy (non-hydrogen) atoms. The van der Waals surface area contributed by atoms with Crippen LogP contribution in [0.2, 0.25) is 10.0 Å². The monoisotopic (exact) mass is 421 g/mol. The van der Waals surface area contributed by atoms with E-state index < -0.39 is 28.3 Å². The van der Waals surface area contributed by atoms with Crippen molar-refractivity contribution in [1.82, 2.24) is 4.90 Å². The lowest BCUT2D eigenvalue weighted by atomic mass is 10.1. The first kappa shape index (κ1) is 21.0. The van der Waals surface area contributed by atoms with Gasteiger partial charge < -0.3 is 9.64 Å². The van der Waals surface area contributed by atoms with Gasteiger partial charge in [0.2, 0.25) is 0 Å². The summed E-state index contributed by atoms with van der Waals surface area (Å²) in [6, 6.07) is 4.16. The summed E-state index contributed by atoms with van der Waals surface area (Å²) in [4.78, 5) is 26.2. The standard InChI is InChI=1S/C17H21Cl2NO5S/c1-11(2)8-20(12-6-7-26(23,24)10-12)15(21)9-25-17(22)13-4-3-5-14(18)16(13)19/h3-5,11-12H,6-10H2,1-2H3. The molecule has 0 radical (unpaired) electrons. The van der Waals surface area contributed by atoms with E-state index >= 15 is 0 Å². The molecule has 1 aliphatic rings. The second-order valence-electron chi connectivity index (χ2n) is 6.67. The Morgan fingerprint density at radius 3 is 2.58 bits per heavy atom. The number of sulfone groups is 1. The fourth-order valence-corrected chi connectivity index (χ4v) is 4.93. The number of ether oxygens (including phenoxy) is 1. The zero-order valence-corrected chi connectivity index (χ0v) is 16.9. The second kappa shape index (κ2) is 8.59. The van der Waals surface area contributed by atoms with Crippen LogP contribution in [0.1, 0.15) is 30.6 Å². The van der Waals surface area contributed by atoms with Crippen molar-refractivity contribution in [1.29, 1.82) is 0 Å². The van der Waals surface area contributed by atoms with E-state index in [1.165, 1.54) is 17.0 Å². The summed E-state index contributed by atoms with van der Waals surface area (Å²) in [7, 11) is -3.13. The van der Waals surface area contributed by atoms with Crippen molar-refractivity contribution in [3.8, 4) is 0 Å². The van der Waals surface area contributed by atoms with E-state index in [4.69, 9.17) is 27.9 Å². The molecule has 1 unspecified atom stereocenters. The molecule has 2 rings (SSSR count). The number of carbonyl (C=O) groups is 2. The molecule has 6 nitrogen and oxygen atoms in total. The van der Waals surface area contributed by atoms with Crippen LogP contribution in [0.4, 0.5) is 0 Å². The number of amides is 1. The maximum absolute atomic E-state index is 12.6. The van der Waals surface area contributed by atoms with Crippen LogP contribution in [0.3, 0.4) is 0 Å². The molecular formula is C17H21Cl2NO5S. The summed E-state index contributed by atoms with van der Waals surface area (Å²) in [5.41, 5.74) is 0.0748. The van der Waals surface area contributed by atoms with Gasteiger partial charge in [-0.05, 0) is 24.5 Å². The molecule has 144 valence electrons. The average molecular weight is 422 g/mol. The van der Waals surface area contributed by atoms with Crippen molar-refractivity contribution in [3.63, 3.8) is 0 Å². The number of nitrogens with zero attached hydrogens (tertiary/aromatic N) is 1. The number of esters is 1. The molecule has 0 bridgehead atoms. The van der Waals surface area contributed by atoms with E-state index in [1.54, 1.807) is 6.07 Å². The maximum Gasteiger partial charge on any atom is 0.340 e. The Morgan fingerprint density at radius 1 is 1.31 bits per heavy atom. The van der Waals surface area contributed by atoms with Gasteiger partial charge in [-0.3, -0.25) is 4.79 Å². The molecule has 1 saturated heterocycles. The van der Waals surface area contributed by atoms with Gasteiger partial charge in [-0.15, -0.1) is 0 Å². The minimum atomic E-state index is -3.13. The predicted octanol–water partition coefficient (Wildman–Crippen LogP) is 2.82. The van der Waals surface area contributed by atoms with Gasteiger partial charge in [-0.25, -0.2) is 13.2 Å². The molecule has 1 aromatic carbocycles. The largest absolute Gasteiger partial charge is 0.452 e. The molecule has 9 heteroatoms. The zero-order valence-electron chi connectivity index (χ0n) is 14.6. The number of carbonyl (C=O) groups excluding carboxylic acids is 2. The first-order valence-electron chi connectivity index (χ1n) is 8.21. The van der Waals surface area contributed by atoms with Crippen molar-refractivity contribution in [2.75, 3.05) is 24.7 Å². The lowest BCUT2D eigenvalue weighted by Crippen LogP contribution is -2.45. The summed E-state index contributed by atoms with van der Waals surface area (Å²) in [5, 5.41) is 0.276. The first-order chi connectivity index (χ1) is 12.1. The molecular weight excluding hydrogens is 401 g/mol. The van der Waals surface area contributed by atoms with E-state index in [0.29, 0.717) is 13.0 Å². The van der Waals surface area contributed by atoms with Gasteiger partial charge in [-0.2, -0.15) is 0 Å². The fraction of sp³-hybridized carbons (Fsp3) is 0.529. The Bertz CT molecular complexity index is 794. The van der Waals surface area contributed by atoms with E-state index in [9.17, 15) is 18.0 Å². The molecule has 1 heterocycles. The molecule has 1 aromatic rings. The van der Waals surface area contributed by atoms with Crippen LogP contribution in [0.5, 0.6) is 0 Å². The van der Waals surface area contributed by atoms with Crippen LogP contribution in [-0.2, 0) is 19.4 Å². The molecule has 0 spiro atoms. The Hall–Kier alpha value is -1.31. The van der Waals surface area contributed by atoms with Gasteiger partial charge in [0.05, 0.1) is 27.1 Å². The number of rotatable bonds is 6. The number of halogens is 2. The summed E-state index contributed by atoms with van der Waals surface area (Å²) in [6.07, 6.45) is 0.398. The van der Waals surface area contributed by atoms with E-state index in [1.807, 2.05) is 13.8 Å². The van der Waals surface area contributed by atoms with Crippen LogP contribution in [0.15, 0.2) is 18.2 Å². The van der Waals surface area contributed by atoms with Crippen LogP contribution in [0, 0.1) is 5.92 Å². The lowest BCUT2D eigenvalue weighted by molar-refractivity contribution is -0.137. The molecule has 0 saturated carbocycles. The number of hydrogen-bond acceptors (Lipinski definition) is 5. The average Bonchev–Trinajstić information content (AvgIpc) is 2.92. The lowest BCUT2D eigenvalue weighted by Gasteiger charge is -2.29. The predicted molar refractivity (Wildman–Crippen MR) is 100 cm³/mol. The molecule has 0 aromatic heterocycles. The van der Waals surface area contributed by atoms with Crippen molar-refractivity contribution >= 4 is 44.9 Å². The SMILES string of the molecule is CC(C)CN(C(=O)COC(=O)c1cccc(Cl)c1Cl)C1CCS(=O)(=O)C1. The fourth-order valence-electron chi connectivity index (χ4n) is 2.82. The number of benzene rings is 1. The quantitative estimate of drug-likeness (QED) is 0.659. The van der Waals surface area contributed by atoms with Gasteiger partial charge in [0.25, 0.3) is 5.91 Å². The van der Waals surface area contributed by atoms with Crippen molar-refractivity contribution in [2.24, 2.45) is 5.92 Å². The summed E-state index contributed by atoms with van der Waals surface area (Å²) < 4.78 is 28.5. The van der Waals surface area contributed by atoms with Gasteiger partial charge >= 0.3 is 5.97 Å². The minimum absolute atomic E-state index is 0.0560. The molecule has 0 N–H and O–H groups in total. The topological polar surface area (TPSA) is 80.8 Å². The first-order valence-corrected chi connectivity index (χ1v) is 10.8. The normalized spacial score (nSPS) is 18.7. The van der Waals surface area contributed by atoms with Gasteiger partial charge in [-0.1, -0.05) is 43.1 Å². The second-order valence-corrected chi connectivity index (χ2v) is 9.69. The van der Waals surface area contributed by atoms with Crippen LogP contribution >= 0.6 is 23.2 Å². The summed E-state index contributed by atoms with van der Waals surface area (Å²) in [6.45, 7) is 3.78. The van der Waals surface area contributed by atoms with Gasteiger partial charge in [0.1, 0.15) is 0 Å². The Morgan fingerprint density at radius 2 is 2.00 bits per heavy atom. The van der Waals surface area contributed by atoms with Crippen molar-refractivity contribution in [2.45, 2.75) is 26.3 Å². The highest BCUT2D eigenvalue weighted by Crippen LogP contribution is 2.26. The number of hydrogen-bond donors (Lipinski definition) is 0. The van der Waals surface area contributed by atoms with Crippen molar-refractivity contribution < 1.29 is 22.7 Å².